The van der Waals surface area contributed by atoms with Gasteiger partial charge in [0.15, 0.2) is 16.9 Å². The Kier molecular flexibility index (Phi) is 5.47. The molecule has 4 aromatic rings. The monoisotopic (exact) mass is 471 g/mol. The second-order valence-corrected chi connectivity index (χ2v) is 8.55. The molecule has 0 saturated carbocycles. The molecule has 35 heavy (non-hydrogen) atoms. The van der Waals surface area contributed by atoms with E-state index in [0.717, 1.165) is 11.1 Å². The zero-order valence-electron chi connectivity index (χ0n) is 20.2. The van der Waals surface area contributed by atoms with E-state index in [4.69, 9.17) is 18.6 Å². The summed E-state index contributed by atoms with van der Waals surface area (Å²) in [6.45, 7) is 3.86. The number of amides is 1. The van der Waals surface area contributed by atoms with Crippen molar-refractivity contribution >= 4 is 22.6 Å². The summed E-state index contributed by atoms with van der Waals surface area (Å²) < 4.78 is 22.7. The lowest BCUT2D eigenvalue weighted by Crippen LogP contribution is -2.29. The molecule has 1 aromatic heterocycles. The molecule has 3 aromatic carbocycles. The summed E-state index contributed by atoms with van der Waals surface area (Å²) in [6.07, 6.45) is 0. The third-order valence-electron chi connectivity index (χ3n) is 6.31. The van der Waals surface area contributed by atoms with Gasteiger partial charge < -0.3 is 18.6 Å². The van der Waals surface area contributed by atoms with Crippen molar-refractivity contribution in [2.75, 3.05) is 26.2 Å². The van der Waals surface area contributed by atoms with E-state index in [0.29, 0.717) is 39.5 Å². The Bertz CT molecular complexity index is 1510. The third-order valence-corrected chi connectivity index (χ3v) is 6.31. The summed E-state index contributed by atoms with van der Waals surface area (Å²) >= 11 is 0. The molecule has 0 spiro atoms. The fraction of sp³-hybridized carbons (Fsp3) is 0.214. The number of methoxy groups -OCH3 is 3. The average Bonchev–Trinajstić information content (AvgIpc) is 3.16. The lowest BCUT2D eigenvalue weighted by molar-refractivity contribution is 0.0971. The zero-order valence-corrected chi connectivity index (χ0v) is 20.2. The number of aryl methyl sites for hydroxylation is 2. The van der Waals surface area contributed by atoms with Gasteiger partial charge in [0.1, 0.15) is 5.58 Å². The van der Waals surface area contributed by atoms with Crippen LogP contribution in [0.4, 0.5) is 5.69 Å². The molecule has 1 atom stereocenters. The van der Waals surface area contributed by atoms with Gasteiger partial charge in [0, 0.05) is 5.69 Å². The molecule has 7 heteroatoms. The predicted octanol–water partition coefficient (Wildman–Crippen LogP) is 5.19. The molecular formula is C28H25NO6. The average molecular weight is 472 g/mol. The van der Waals surface area contributed by atoms with Gasteiger partial charge in [-0.15, -0.1) is 0 Å². The third kappa shape index (κ3) is 3.51. The highest BCUT2D eigenvalue weighted by atomic mass is 16.5. The van der Waals surface area contributed by atoms with Crippen molar-refractivity contribution in [1.82, 2.24) is 0 Å². The summed E-state index contributed by atoms with van der Waals surface area (Å²) in [5.41, 5.74) is 3.61. The van der Waals surface area contributed by atoms with E-state index in [1.165, 1.54) is 21.3 Å². The molecule has 1 aliphatic heterocycles. The summed E-state index contributed by atoms with van der Waals surface area (Å²) in [7, 11) is 4.58. The smallest absolute Gasteiger partial charge is 0.295 e. The van der Waals surface area contributed by atoms with Crippen LogP contribution in [0.5, 0.6) is 17.2 Å². The molecule has 0 bridgehead atoms. The molecule has 5 rings (SSSR count). The number of nitrogens with zero attached hydrogens (tertiary/aromatic N) is 1. The highest BCUT2D eigenvalue weighted by Crippen LogP contribution is 2.46. The first-order valence-electron chi connectivity index (χ1n) is 11.2. The van der Waals surface area contributed by atoms with Gasteiger partial charge in [-0.25, -0.2) is 0 Å². The van der Waals surface area contributed by atoms with Crippen molar-refractivity contribution < 1.29 is 23.4 Å². The Labute approximate surface area is 202 Å². The minimum atomic E-state index is -0.755. The lowest BCUT2D eigenvalue weighted by atomic mass is 9.97. The van der Waals surface area contributed by atoms with E-state index in [1.54, 1.807) is 29.2 Å². The second-order valence-electron chi connectivity index (χ2n) is 8.55. The quantitative estimate of drug-likeness (QED) is 0.399. The van der Waals surface area contributed by atoms with Gasteiger partial charge in [-0.05, 0) is 61.4 Å². The van der Waals surface area contributed by atoms with Crippen LogP contribution in [0.3, 0.4) is 0 Å². The van der Waals surface area contributed by atoms with E-state index in [1.807, 2.05) is 44.2 Å². The first kappa shape index (κ1) is 22.5. The highest BCUT2D eigenvalue weighted by molar-refractivity contribution is 6.10. The molecule has 0 radical (unpaired) electrons. The topological polar surface area (TPSA) is 78.2 Å². The SMILES string of the molecule is COc1cc(C2c3c(oc4ccc(C)cc4c3=O)C(=O)N2c2cccc(C)c2)cc(OC)c1OC. The zero-order chi connectivity index (χ0) is 24.9. The van der Waals surface area contributed by atoms with Crippen LogP contribution < -0.4 is 24.5 Å². The van der Waals surface area contributed by atoms with Crippen LogP contribution in [0, 0.1) is 13.8 Å². The van der Waals surface area contributed by atoms with Gasteiger partial charge in [-0.2, -0.15) is 0 Å². The number of carbonyl (C=O) groups excluding carboxylic acids is 1. The number of fused-ring (bicyclic) bond motifs is 2. The number of benzene rings is 3. The largest absolute Gasteiger partial charge is 0.493 e. The minimum absolute atomic E-state index is 0.0339. The van der Waals surface area contributed by atoms with Crippen molar-refractivity contribution in [2.24, 2.45) is 0 Å². The Morgan fingerprint density at radius 1 is 0.829 bits per heavy atom. The fourth-order valence-corrected chi connectivity index (χ4v) is 4.71. The summed E-state index contributed by atoms with van der Waals surface area (Å²) in [4.78, 5) is 29.2. The molecule has 1 aliphatic rings. The number of hydrogen-bond acceptors (Lipinski definition) is 6. The molecule has 0 N–H and O–H groups in total. The molecule has 2 heterocycles. The van der Waals surface area contributed by atoms with Gasteiger partial charge >= 0.3 is 0 Å². The minimum Gasteiger partial charge on any atom is -0.493 e. The highest BCUT2D eigenvalue weighted by Gasteiger charge is 2.44. The molecule has 178 valence electrons. The number of hydrogen-bond donors (Lipinski definition) is 0. The fourth-order valence-electron chi connectivity index (χ4n) is 4.71. The Balaban J connectivity index is 1.85. The number of carbonyl (C=O) groups is 1. The maximum Gasteiger partial charge on any atom is 0.295 e. The molecule has 1 unspecified atom stereocenters. The van der Waals surface area contributed by atoms with Crippen LogP contribution in [0.25, 0.3) is 11.0 Å². The standard InChI is InChI=1S/C28H25NO6/c1-15-7-6-8-18(11-15)29-24(17-13-21(32-3)26(34-5)22(14-17)33-4)23-25(30)19-12-16(2)9-10-20(19)35-27(23)28(29)31/h6-14,24H,1-5H3. The molecule has 0 saturated heterocycles. The van der Waals surface area contributed by atoms with Gasteiger partial charge in [0.2, 0.25) is 11.5 Å². The molecule has 0 aliphatic carbocycles. The van der Waals surface area contributed by atoms with E-state index in [-0.39, 0.29) is 22.7 Å². The van der Waals surface area contributed by atoms with Crippen LogP contribution in [-0.4, -0.2) is 27.2 Å². The van der Waals surface area contributed by atoms with Crippen molar-refractivity contribution in [3.8, 4) is 17.2 Å². The summed E-state index contributed by atoms with van der Waals surface area (Å²) in [5.74, 6) is 0.919. The van der Waals surface area contributed by atoms with Crippen LogP contribution in [0.2, 0.25) is 0 Å². The van der Waals surface area contributed by atoms with Crippen LogP contribution in [0.15, 0.2) is 63.8 Å². The van der Waals surface area contributed by atoms with Gasteiger partial charge in [0.25, 0.3) is 5.91 Å². The first-order chi connectivity index (χ1) is 16.9. The van der Waals surface area contributed by atoms with Crippen molar-refractivity contribution in [3.63, 3.8) is 0 Å². The van der Waals surface area contributed by atoms with Crippen molar-refractivity contribution in [1.29, 1.82) is 0 Å². The molecule has 7 nitrogen and oxygen atoms in total. The normalized spacial score (nSPS) is 14.8. The molecular weight excluding hydrogens is 446 g/mol. The second kappa shape index (κ2) is 8.51. The predicted molar refractivity (Wildman–Crippen MR) is 133 cm³/mol. The molecule has 1 amide bonds. The van der Waals surface area contributed by atoms with Gasteiger partial charge in [0.05, 0.1) is 38.3 Å². The summed E-state index contributed by atoms with van der Waals surface area (Å²) in [6, 6.07) is 15.7. The van der Waals surface area contributed by atoms with Crippen LogP contribution >= 0.6 is 0 Å². The molecule has 0 fully saturated rings. The Hall–Kier alpha value is -4.26. The van der Waals surface area contributed by atoms with E-state index in [2.05, 4.69) is 0 Å². The van der Waals surface area contributed by atoms with E-state index < -0.39 is 6.04 Å². The van der Waals surface area contributed by atoms with E-state index >= 15 is 0 Å². The van der Waals surface area contributed by atoms with Gasteiger partial charge in [-0.3, -0.25) is 14.5 Å². The van der Waals surface area contributed by atoms with Crippen molar-refractivity contribution in [2.45, 2.75) is 19.9 Å². The number of ether oxygens (including phenoxy) is 3. The number of rotatable bonds is 5. The van der Waals surface area contributed by atoms with Crippen LogP contribution in [-0.2, 0) is 0 Å². The van der Waals surface area contributed by atoms with E-state index in [9.17, 15) is 9.59 Å². The van der Waals surface area contributed by atoms with Gasteiger partial charge in [-0.1, -0.05) is 23.8 Å². The maximum absolute atomic E-state index is 13.9. The van der Waals surface area contributed by atoms with Crippen molar-refractivity contribution in [3.05, 3.63) is 92.8 Å². The lowest BCUT2D eigenvalue weighted by Gasteiger charge is -2.26. The first-order valence-corrected chi connectivity index (χ1v) is 11.2. The Morgan fingerprint density at radius 2 is 1.51 bits per heavy atom. The Morgan fingerprint density at radius 3 is 2.14 bits per heavy atom. The summed E-state index contributed by atoms with van der Waals surface area (Å²) in [5, 5.41) is 0.431. The van der Waals surface area contributed by atoms with Crippen LogP contribution in [0.1, 0.15) is 38.9 Å². The maximum atomic E-state index is 13.9. The number of anilines is 1.